The van der Waals surface area contributed by atoms with Gasteiger partial charge in [0.1, 0.15) is 6.04 Å². The van der Waals surface area contributed by atoms with Gasteiger partial charge in [0.25, 0.3) is 0 Å². The van der Waals surface area contributed by atoms with Crippen LogP contribution in [0.2, 0.25) is 0 Å². The zero-order chi connectivity index (χ0) is 15.7. The molecule has 1 amide bonds. The minimum Gasteiger partial charge on any atom is -0.491 e. The Kier molecular flexibility index (Phi) is 7.53. The van der Waals surface area contributed by atoms with Gasteiger partial charge in [-0.15, -0.1) is 0 Å². The molecule has 1 unspecified atom stereocenters. The number of methoxy groups -OCH3 is 1. The molecule has 0 saturated carbocycles. The second-order valence-electron chi connectivity index (χ2n) is 4.58. The third kappa shape index (κ3) is 5.99. The van der Waals surface area contributed by atoms with Gasteiger partial charge in [-0.1, -0.05) is 0 Å². The Hall–Kier alpha value is -1.82. The number of anilines is 1. The van der Waals surface area contributed by atoms with Gasteiger partial charge in [0, 0.05) is 32.0 Å². The minimum atomic E-state index is -0.454. The molecule has 0 heterocycles. The van der Waals surface area contributed by atoms with E-state index in [4.69, 9.17) is 9.47 Å². The topological polar surface area (TPSA) is 59.6 Å². The van der Waals surface area contributed by atoms with Crippen molar-refractivity contribution in [2.75, 3.05) is 32.2 Å². The molecule has 0 bridgehead atoms. The molecule has 0 fully saturated rings. The SMILES string of the molecule is CCOc1ccc(NC(C)C(=O)NCCCOC)cc1F. The molecule has 1 atom stereocenters. The van der Waals surface area contributed by atoms with Crippen LogP contribution >= 0.6 is 0 Å². The molecule has 1 rings (SSSR count). The molecule has 0 aromatic heterocycles. The summed E-state index contributed by atoms with van der Waals surface area (Å²) in [6, 6.07) is 4.09. The predicted molar refractivity (Wildman–Crippen MR) is 80.2 cm³/mol. The number of carbonyl (C=O) groups is 1. The van der Waals surface area contributed by atoms with Gasteiger partial charge in [0.05, 0.1) is 6.61 Å². The Morgan fingerprint density at radius 1 is 1.43 bits per heavy atom. The van der Waals surface area contributed by atoms with Gasteiger partial charge in [-0.25, -0.2) is 4.39 Å². The summed E-state index contributed by atoms with van der Waals surface area (Å²) >= 11 is 0. The highest BCUT2D eigenvalue weighted by atomic mass is 19.1. The van der Waals surface area contributed by atoms with Crippen molar-refractivity contribution in [2.45, 2.75) is 26.3 Å². The first kappa shape index (κ1) is 17.2. The quantitative estimate of drug-likeness (QED) is 0.686. The molecule has 0 spiro atoms. The van der Waals surface area contributed by atoms with Crippen molar-refractivity contribution in [2.24, 2.45) is 0 Å². The molecule has 21 heavy (non-hydrogen) atoms. The number of carbonyl (C=O) groups excluding carboxylic acids is 1. The van der Waals surface area contributed by atoms with Crippen molar-refractivity contribution in [1.82, 2.24) is 5.32 Å². The van der Waals surface area contributed by atoms with E-state index in [2.05, 4.69) is 10.6 Å². The van der Waals surface area contributed by atoms with Crippen molar-refractivity contribution < 1.29 is 18.7 Å². The summed E-state index contributed by atoms with van der Waals surface area (Å²) < 4.78 is 23.7. The Labute approximate surface area is 124 Å². The first-order chi connectivity index (χ1) is 10.1. The van der Waals surface area contributed by atoms with Gasteiger partial charge in [-0.05, 0) is 32.4 Å². The highest BCUT2D eigenvalue weighted by Gasteiger charge is 2.13. The second kappa shape index (κ2) is 9.18. The molecule has 6 heteroatoms. The fraction of sp³-hybridized carbons (Fsp3) is 0.533. The molecule has 118 valence electrons. The zero-order valence-corrected chi connectivity index (χ0v) is 12.7. The summed E-state index contributed by atoms with van der Waals surface area (Å²) in [5, 5.41) is 5.74. The number of benzene rings is 1. The summed E-state index contributed by atoms with van der Waals surface area (Å²) in [5.41, 5.74) is 0.537. The van der Waals surface area contributed by atoms with Crippen molar-refractivity contribution in [1.29, 1.82) is 0 Å². The molecule has 0 radical (unpaired) electrons. The van der Waals surface area contributed by atoms with E-state index >= 15 is 0 Å². The van der Waals surface area contributed by atoms with E-state index in [9.17, 15) is 9.18 Å². The summed E-state index contributed by atoms with van der Waals surface area (Å²) in [7, 11) is 1.62. The summed E-state index contributed by atoms with van der Waals surface area (Å²) in [6.45, 7) is 5.08. The van der Waals surface area contributed by atoms with Crippen molar-refractivity contribution in [3.8, 4) is 5.75 Å². The third-order valence-corrected chi connectivity index (χ3v) is 2.83. The van der Waals surface area contributed by atoms with Crippen LogP contribution in [-0.4, -0.2) is 38.8 Å². The van der Waals surface area contributed by atoms with Gasteiger partial charge in [0.15, 0.2) is 11.6 Å². The maximum absolute atomic E-state index is 13.7. The van der Waals surface area contributed by atoms with Crippen LogP contribution in [0.1, 0.15) is 20.3 Å². The Bertz CT molecular complexity index is 455. The Balaban J connectivity index is 2.48. The number of nitrogens with one attached hydrogen (secondary N) is 2. The predicted octanol–water partition coefficient (Wildman–Crippen LogP) is 2.18. The molecule has 0 saturated heterocycles. The normalized spacial score (nSPS) is 11.8. The summed E-state index contributed by atoms with van der Waals surface area (Å²) in [6.07, 6.45) is 0.757. The number of halogens is 1. The molecule has 2 N–H and O–H groups in total. The van der Waals surface area contributed by atoms with Crippen LogP contribution in [0, 0.1) is 5.82 Å². The van der Waals surface area contributed by atoms with E-state index < -0.39 is 11.9 Å². The standard InChI is InChI=1S/C15H23FN2O3/c1-4-21-14-7-6-12(10-13(14)16)18-11(2)15(19)17-8-5-9-20-3/h6-7,10-11,18H,4-5,8-9H2,1-3H3,(H,17,19). The molecule has 0 aliphatic heterocycles. The van der Waals surface area contributed by atoms with E-state index in [-0.39, 0.29) is 11.7 Å². The van der Waals surface area contributed by atoms with Crippen LogP contribution in [-0.2, 0) is 9.53 Å². The maximum atomic E-state index is 13.7. The van der Waals surface area contributed by atoms with Crippen molar-refractivity contribution >= 4 is 11.6 Å². The first-order valence-corrected chi connectivity index (χ1v) is 7.04. The van der Waals surface area contributed by atoms with E-state index in [0.717, 1.165) is 6.42 Å². The van der Waals surface area contributed by atoms with Gasteiger partial charge in [-0.3, -0.25) is 4.79 Å². The van der Waals surface area contributed by atoms with Crippen LogP contribution in [0.15, 0.2) is 18.2 Å². The summed E-state index contributed by atoms with van der Waals surface area (Å²) in [5.74, 6) is -0.380. The lowest BCUT2D eigenvalue weighted by molar-refractivity contribution is -0.121. The van der Waals surface area contributed by atoms with Crippen molar-refractivity contribution in [3.63, 3.8) is 0 Å². The van der Waals surface area contributed by atoms with Crippen LogP contribution in [0.5, 0.6) is 5.75 Å². The van der Waals surface area contributed by atoms with Gasteiger partial charge in [0.2, 0.25) is 5.91 Å². The average Bonchev–Trinajstić information content (AvgIpc) is 2.46. The molecule has 0 aliphatic carbocycles. The molecule has 1 aromatic rings. The molecule has 1 aromatic carbocycles. The lowest BCUT2D eigenvalue weighted by Gasteiger charge is -2.16. The Morgan fingerprint density at radius 2 is 2.19 bits per heavy atom. The fourth-order valence-corrected chi connectivity index (χ4v) is 1.76. The van der Waals surface area contributed by atoms with Crippen LogP contribution < -0.4 is 15.4 Å². The van der Waals surface area contributed by atoms with E-state index in [0.29, 0.717) is 25.4 Å². The number of hydrogen-bond acceptors (Lipinski definition) is 4. The molecule has 0 aliphatic rings. The minimum absolute atomic E-state index is 0.139. The zero-order valence-electron chi connectivity index (χ0n) is 12.7. The second-order valence-corrected chi connectivity index (χ2v) is 4.58. The number of hydrogen-bond donors (Lipinski definition) is 2. The van der Waals surface area contributed by atoms with E-state index in [1.807, 2.05) is 0 Å². The van der Waals surface area contributed by atoms with E-state index in [1.165, 1.54) is 6.07 Å². The van der Waals surface area contributed by atoms with Gasteiger partial charge >= 0.3 is 0 Å². The van der Waals surface area contributed by atoms with Gasteiger partial charge < -0.3 is 20.1 Å². The monoisotopic (exact) mass is 298 g/mol. The van der Waals surface area contributed by atoms with Crippen molar-refractivity contribution in [3.05, 3.63) is 24.0 Å². The number of ether oxygens (including phenoxy) is 2. The largest absolute Gasteiger partial charge is 0.491 e. The molecular weight excluding hydrogens is 275 g/mol. The lowest BCUT2D eigenvalue weighted by atomic mass is 10.2. The lowest BCUT2D eigenvalue weighted by Crippen LogP contribution is -2.38. The van der Waals surface area contributed by atoms with Gasteiger partial charge in [-0.2, -0.15) is 0 Å². The molecular formula is C15H23FN2O3. The fourth-order valence-electron chi connectivity index (χ4n) is 1.76. The summed E-state index contributed by atoms with van der Waals surface area (Å²) in [4.78, 5) is 11.8. The molecule has 5 nitrogen and oxygen atoms in total. The average molecular weight is 298 g/mol. The smallest absolute Gasteiger partial charge is 0.242 e. The number of amides is 1. The van der Waals surface area contributed by atoms with Crippen LogP contribution in [0.25, 0.3) is 0 Å². The van der Waals surface area contributed by atoms with E-state index in [1.54, 1.807) is 33.1 Å². The maximum Gasteiger partial charge on any atom is 0.242 e. The van der Waals surface area contributed by atoms with Crippen LogP contribution in [0.4, 0.5) is 10.1 Å². The highest BCUT2D eigenvalue weighted by Crippen LogP contribution is 2.21. The Morgan fingerprint density at radius 3 is 2.81 bits per heavy atom. The van der Waals surface area contributed by atoms with Crippen LogP contribution in [0.3, 0.4) is 0 Å². The highest BCUT2D eigenvalue weighted by molar-refractivity contribution is 5.84. The first-order valence-electron chi connectivity index (χ1n) is 7.04. The third-order valence-electron chi connectivity index (χ3n) is 2.83. The number of rotatable bonds is 9.